The summed E-state index contributed by atoms with van der Waals surface area (Å²) in [6.45, 7) is 0. The maximum atomic E-state index is 11.9. The largest absolute Gasteiger partial charge is 0.478 e. The molecule has 0 aliphatic heterocycles. The van der Waals surface area contributed by atoms with E-state index in [9.17, 15) is 29.7 Å². The Hall–Kier alpha value is -4.19. The molecule has 0 amide bonds. The molecule has 0 saturated carbocycles. The summed E-state index contributed by atoms with van der Waals surface area (Å²) in [6.07, 6.45) is 0. The molecule has 0 aliphatic rings. The summed E-state index contributed by atoms with van der Waals surface area (Å²) in [4.78, 5) is 35.4. The van der Waals surface area contributed by atoms with Gasteiger partial charge in [0.15, 0.2) is 0 Å². The minimum absolute atomic E-state index is 0.154. The first-order chi connectivity index (χ1) is 13.9. The van der Waals surface area contributed by atoms with E-state index >= 15 is 0 Å². The second-order valence-electron chi connectivity index (χ2n) is 6.88. The first kappa shape index (κ1) is 16.9. The maximum Gasteiger partial charge on any atom is 0.337 e. The molecule has 6 heteroatoms. The van der Waals surface area contributed by atoms with Crippen LogP contribution in [0.25, 0.3) is 43.1 Å². The fourth-order valence-corrected chi connectivity index (χ4v) is 4.36. The van der Waals surface area contributed by atoms with Crippen LogP contribution in [0.5, 0.6) is 0 Å². The highest BCUT2D eigenvalue weighted by Crippen LogP contribution is 2.42. The summed E-state index contributed by atoms with van der Waals surface area (Å²) in [5, 5.41) is 34.0. The highest BCUT2D eigenvalue weighted by atomic mass is 16.4. The zero-order valence-corrected chi connectivity index (χ0v) is 14.8. The molecule has 0 radical (unpaired) electrons. The average Bonchev–Trinajstić information content (AvgIpc) is 2.70. The number of carboxylic acid groups (broad SMARTS) is 3. The number of benzene rings is 5. The molecule has 0 fully saturated rings. The molecule has 5 aromatic rings. The molecule has 140 valence electrons. The Balaban J connectivity index is 2.17. The quantitative estimate of drug-likeness (QED) is 0.303. The highest BCUT2D eigenvalue weighted by molar-refractivity contribution is 6.36. The predicted molar refractivity (Wildman–Crippen MR) is 109 cm³/mol. The van der Waals surface area contributed by atoms with E-state index < -0.39 is 17.9 Å². The Labute approximate surface area is 162 Å². The number of hydrogen-bond donors (Lipinski definition) is 3. The Morgan fingerprint density at radius 2 is 1.03 bits per heavy atom. The zero-order chi connectivity index (χ0) is 20.4. The van der Waals surface area contributed by atoms with E-state index in [0.717, 1.165) is 10.8 Å². The van der Waals surface area contributed by atoms with Crippen molar-refractivity contribution in [3.8, 4) is 0 Å². The van der Waals surface area contributed by atoms with Crippen molar-refractivity contribution in [2.24, 2.45) is 0 Å². The van der Waals surface area contributed by atoms with Gasteiger partial charge in [-0.1, -0.05) is 42.5 Å². The van der Waals surface area contributed by atoms with Crippen LogP contribution in [0.3, 0.4) is 0 Å². The highest BCUT2D eigenvalue weighted by Gasteiger charge is 2.24. The molecule has 0 bridgehead atoms. The Kier molecular flexibility index (Phi) is 3.30. The molecule has 0 saturated heterocycles. The third-order valence-electron chi connectivity index (χ3n) is 5.46. The van der Waals surface area contributed by atoms with Crippen LogP contribution in [0.4, 0.5) is 0 Å². The number of carbonyl (C=O) groups is 3. The van der Waals surface area contributed by atoms with Gasteiger partial charge in [0.05, 0.1) is 16.7 Å². The molecular weight excluding hydrogens is 372 g/mol. The normalized spacial score (nSPS) is 11.6. The summed E-state index contributed by atoms with van der Waals surface area (Å²) in [5.74, 6) is -3.69. The number of fused-ring (bicyclic) bond motifs is 2. The average molecular weight is 384 g/mol. The van der Waals surface area contributed by atoms with Crippen molar-refractivity contribution in [3.63, 3.8) is 0 Å². The van der Waals surface area contributed by atoms with Crippen molar-refractivity contribution < 1.29 is 29.7 Å². The lowest BCUT2D eigenvalue weighted by atomic mass is 9.85. The number of carboxylic acids is 3. The molecule has 0 atom stereocenters. The molecule has 5 aromatic carbocycles. The first-order valence-electron chi connectivity index (χ1n) is 8.76. The lowest BCUT2D eigenvalue weighted by molar-refractivity contribution is 0.0653. The Bertz CT molecular complexity index is 1530. The van der Waals surface area contributed by atoms with Gasteiger partial charge in [-0.2, -0.15) is 0 Å². The molecule has 0 aromatic heterocycles. The van der Waals surface area contributed by atoms with Crippen LogP contribution in [0.2, 0.25) is 0 Å². The molecule has 29 heavy (non-hydrogen) atoms. The SMILES string of the molecule is O=C(O)c1cc2c3cccc4c(C(=O)O)ccc(c5cccc(c1C(=O)O)c52)c43. The number of rotatable bonds is 3. The van der Waals surface area contributed by atoms with E-state index in [4.69, 9.17) is 0 Å². The summed E-state index contributed by atoms with van der Waals surface area (Å²) in [6, 6.07) is 15.0. The van der Waals surface area contributed by atoms with Crippen LogP contribution in [0, 0.1) is 0 Å². The monoisotopic (exact) mass is 384 g/mol. The van der Waals surface area contributed by atoms with Gasteiger partial charge < -0.3 is 15.3 Å². The molecular formula is C23H12O6. The molecule has 0 spiro atoms. The van der Waals surface area contributed by atoms with Gasteiger partial charge in [-0.3, -0.25) is 0 Å². The second kappa shape index (κ2) is 5.65. The minimum Gasteiger partial charge on any atom is -0.478 e. The summed E-state index contributed by atoms with van der Waals surface area (Å²) in [7, 11) is 0. The predicted octanol–water partition coefficient (Wildman–Crippen LogP) is 4.83. The van der Waals surface area contributed by atoms with Gasteiger partial charge in [0.25, 0.3) is 0 Å². The van der Waals surface area contributed by atoms with Gasteiger partial charge in [-0.15, -0.1) is 0 Å². The fraction of sp³-hybridized carbons (Fsp3) is 0. The van der Waals surface area contributed by atoms with E-state index in [1.165, 1.54) is 12.1 Å². The lowest BCUT2D eigenvalue weighted by Gasteiger charge is -2.17. The van der Waals surface area contributed by atoms with E-state index in [0.29, 0.717) is 32.3 Å². The van der Waals surface area contributed by atoms with Gasteiger partial charge in [0.1, 0.15) is 0 Å². The number of aromatic carboxylic acids is 3. The third-order valence-corrected chi connectivity index (χ3v) is 5.46. The maximum absolute atomic E-state index is 11.9. The molecule has 6 nitrogen and oxygen atoms in total. The van der Waals surface area contributed by atoms with Crippen LogP contribution >= 0.6 is 0 Å². The summed E-state index contributed by atoms with van der Waals surface area (Å²) in [5.41, 5.74) is -0.398. The van der Waals surface area contributed by atoms with E-state index in [1.807, 2.05) is 6.07 Å². The van der Waals surface area contributed by atoms with Crippen molar-refractivity contribution in [3.05, 3.63) is 71.3 Å². The van der Waals surface area contributed by atoms with Gasteiger partial charge in [0, 0.05) is 0 Å². The second-order valence-corrected chi connectivity index (χ2v) is 6.88. The third kappa shape index (κ3) is 2.14. The minimum atomic E-state index is -1.33. The van der Waals surface area contributed by atoms with Gasteiger partial charge in [-0.05, 0) is 55.2 Å². The van der Waals surface area contributed by atoms with E-state index in [-0.39, 0.29) is 16.7 Å². The van der Waals surface area contributed by atoms with E-state index in [2.05, 4.69) is 0 Å². The van der Waals surface area contributed by atoms with Crippen LogP contribution < -0.4 is 0 Å². The Morgan fingerprint density at radius 1 is 0.517 bits per heavy atom. The van der Waals surface area contributed by atoms with Crippen molar-refractivity contribution in [1.29, 1.82) is 0 Å². The van der Waals surface area contributed by atoms with Crippen molar-refractivity contribution in [2.75, 3.05) is 0 Å². The standard InChI is InChI=1S/C23H12O6/c24-21(25)14-8-7-13-10-3-2-6-15-19(10)16(12-5-1-4-11(14)18(12)13)9-17(22(26)27)20(15)23(28)29/h1-9H,(H,24,25)(H,26,27)(H,28,29). The molecule has 5 rings (SSSR count). The van der Waals surface area contributed by atoms with Crippen molar-refractivity contribution in [1.82, 2.24) is 0 Å². The fourth-order valence-electron chi connectivity index (χ4n) is 4.36. The van der Waals surface area contributed by atoms with Crippen molar-refractivity contribution >= 4 is 61.0 Å². The van der Waals surface area contributed by atoms with Crippen LogP contribution in [-0.4, -0.2) is 33.2 Å². The first-order valence-corrected chi connectivity index (χ1v) is 8.76. The van der Waals surface area contributed by atoms with Gasteiger partial charge in [0.2, 0.25) is 0 Å². The molecule has 3 N–H and O–H groups in total. The van der Waals surface area contributed by atoms with Gasteiger partial charge >= 0.3 is 17.9 Å². The topological polar surface area (TPSA) is 112 Å². The molecule has 0 heterocycles. The summed E-state index contributed by atoms with van der Waals surface area (Å²) < 4.78 is 0. The number of hydrogen-bond acceptors (Lipinski definition) is 3. The lowest BCUT2D eigenvalue weighted by Crippen LogP contribution is -2.09. The molecule has 0 unspecified atom stereocenters. The Morgan fingerprint density at radius 3 is 1.66 bits per heavy atom. The smallest absolute Gasteiger partial charge is 0.337 e. The van der Waals surface area contributed by atoms with E-state index in [1.54, 1.807) is 36.4 Å². The van der Waals surface area contributed by atoms with Crippen LogP contribution in [0.15, 0.2) is 54.6 Å². The molecule has 0 aliphatic carbocycles. The zero-order valence-electron chi connectivity index (χ0n) is 14.8. The van der Waals surface area contributed by atoms with Crippen LogP contribution in [-0.2, 0) is 0 Å². The van der Waals surface area contributed by atoms with Crippen molar-refractivity contribution in [2.45, 2.75) is 0 Å². The van der Waals surface area contributed by atoms with Crippen LogP contribution in [0.1, 0.15) is 31.1 Å². The van der Waals surface area contributed by atoms with Gasteiger partial charge in [-0.25, -0.2) is 14.4 Å². The summed E-state index contributed by atoms with van der Waals surface area (Å²) >= 11 is 0.